The molecule has 1 aliphatic rings. The monoisotopic (exact) mass is 413 g/mol. The minimum absolute atomic E-state index is 0.0300. The first kappa shape index (κ1) is 20.9. The van der Waals surface area contributed by atoms with Gasteiger partial charge < -0.3 is 10.4 Å². The number of hydrogen-bond donors (Lipinski definition) is 2. The number of carbonyl (C=O) groups excluding carboxylic acids is 1. The summed E-state index contributed by atoms with van der Waals surface area (Å²) in [5.74, 6) is -1.82. The lowest BCUT2D eigenvalue weighted by molar-refractivity contribution is -0.141. The van der Waals surface area contributed by atoms with Crippen molar-refractivity contribution in [3.63, 3.8) is 0 Å². The van der Waals surface area contributed by atoms with E-state index in [1.54, 1.807) is 0 Å². The maximum absolute atomic E-state index is 13.3. The molecular formula is C27H27NO3. The van der Waals surface area contributed by atoms with E-state index in [2.05, 4.69) is 26.1 Å². The fraction of sp³-hybridized carbons (Fsp3) is 0.259. The summed E-state index contributed by atoms with van der Waals surface area (Å²) in [6.45, 7) is 6.42. The van der Waals surface area contributed by atoms with Crippen LogP contribution >= 0.6 is 0 Å². The Morgan fingerprint density at radius 2 is 1.39 bits per heavy atom. The summed E-state index contributed by atoms with van der Waals surface area (Å²) in [6, 6.07) is 22.6. The zero-order valence-electron chi connectivity index (χ0n) is 18.1. The van der Waals surface area contributed by atoms with Gasteiger partial charge in [0.15, 0.2) is 0 Å². The highest BCUT2D eigenvalue weighted by Crippen LogP contribution is 2.44. The average molecular weight is 414 g/mol. The molecule has 3 aromatic rings. The van der Waals surface area contributed by atoms with E-state index in [0.717, 1.165) is 27.8 Å². The van der Waals surface area contributed by atoms with Gasteiger partial charge in [0.1, 0.15) is 6.04 Å². The maximum Gasteiger partial charge on any atom is 0.326 e. The lowest BCUT2D eigenvalue weighted by atomic mass is 9.86. The molecule has 1 aliphatic carbocycles. The highest BCUT2D eigenvalue weighted by molar-refractivity contribution is 5.97. The molecule has 0 aromatic heterocycles. The molecule has 0 spiro atoms. The third-order valence-electron chi connectivity index (χ3n) is 5.97. The number of benzene rings is 3. The predicted octanol–water partition coefficient (Wildman–Crippen LogP) is 4.91. The number of rotatable bonds is 5. The molecule has 0 heterocycles. The van der Waals surface area contributed by atoms with E-state index < -0.39 is 17.9 Å². The second-order valence-electron chi connectivity index (χ2n) is 9.16. The van der Waals surface area contributed by atoms with Gasteiger partial charge in [-0.05, 0) is 38.8 Å². The first-order chi connectivity index (χ1) is 14.8. The summed E-state index contributed by atoms with van der Waals surface area (Å²) in [7, 11) is 0. The minimum atomic E-state index is -1.03. The van der Waals surface area contributed by atoms with Crippen molar-refractivity contribution in [2.45, 2.75) is 44.6 Å². The summed E-state index contributed by atoms with van der Waals surface area (Å²) >= 11 is 0. The highest BCUT2D eigenvalue weighted by atomic mass is 16.4. The molecule has 1 atom stereocenters. The molecule has 0 saturated carbocycles. The van der Waals surface area contributed by atoms with Gasteiger partial charge in [-0.15, -0.1) is 0 Å². The Bertz CT molecular complexity index is 1080. The number of aliphatic carboxylic acids is 1. The van der Waals surface area contributed by atoms with Crippen molar-refractivity contribution in [2.75, 3.05) is 0 Å². The van der Waals surface area contributed by atoms with E-state index >= 15 is 0 Å². The Morgan fingerprint density at radius 1 is 0.871 bits per heavy atom. The molecule has 0 unspecified atom stereocenters. The molecule has 2 N–H and O–H groups in total. The van der Waals surface area contributed by atoms with Gasteiger partial charge in [-0.25, -0.2) is 4.79 Å². The van der Waals surface area contributed by atoms with Crippen LogP contribution in [-0.2, 0) is 21.4 Å². The summed E-state index contributed by atoms with van der Waals surface area (Å²) in [6.07, 6.45) is 0.238. The number of amides is 1. The van der Waals surface area contributed by atoms with Crippen LogP contribution in [0.15, 0.2) is 72.8 Å². The van der Waals surface area contributed by atoms with Crippen molar-refractivity contribution < 1.29 is 14.7 Å². The third kappa shape index (κ3) is 4.11. The van der Waals surface area contributed by atoms with Gasteiger partial charge in [0.25, 0.3) is 0 Å². The lowest BCUT2D eigenvalue weighted by Crippen LogP contribution is -2.44. The summed E-state index contributed by atoms with van der Waals surface area (Å²) in [4.78, 5) is 25.2. The van der Waals surface area contributed by atoms with Crippen LogP contribution in [-0.4, -0.2) is 23.0 Å². The van der Waals surface area contributed by atoms with Gasteiger partial charge in [-0.1, -0.05) is 93.6 Å². The molecule has 158 valence electrons. The van der Waals surface area contributed by atoms with Gasteiger partial charge in [0.2, 0.25) is 5.91 Å². The second kappa shape index (κ2) is 8.03. The van der Waals surface area contributed by atoms with Crippen LogP contribution in [0.3, 0.4) is 0 Å². The van der Waals surface area contributed by atoms with Crippen molar-refractivity contribution in [1.82, 2.24) is 5.32 Å². The van der Waals surface area contributed by atoms with Gasteiger partial charge in [-0.2, -0.15) is 0 Å². The highest BCUT2D eigenvalue weighted by Gasteiger charge is 2.35. The predicted molar refractivity (Wildman–Crippen MR) is 122 cm³/mol. The molecule has 1 amide bonds. The fourth-order valence-corrected chi connectivity index (χ4v) is 4.27. The van der Waals surface area contributed by atoms with Gasteiger partial charge >= 0.3 is 5.97 Å². The Kier molecular flexibility index (Phi) is 5.40. The Morgan fingerprint density at radius 3 is 1.87 bits per heavy atom. The Balaban J connectivity index is 1.57. The van der Waals surface area contributed by atoms with E-state index in [9.17, 15) is 14.7 Å². The largest absolute Gasteiger partial charge is 0.480 e. The molecule has 3 aromatic carbocycles. The number of carbonyl (C=O) groups is 2. The number of fused-ring (bicyclic) bond motifs is 3. The third-order valence-corrected chi connectivity index (χ3v) is 5.97. The van der Waals surface area contributed by atoms with Gasteiger partial charge in [0, 0.05) is 6.42 Å². The SMILES string of the molecule is CC(C)(C)c1ccc(C[C@@H](NC(=O)C2c3ccccc3-c3ccccc32)C(=O)O)cc1. The molecule has 0 aliphatic heterocycles. The van der Waals surface area contributed by atoms with Crippen LogP contribution in [0, 0.1) is 0 Å². The van der Waals surface area contributed by atoms with Gasteiger partial charge in [-0.3, -0.25) is 4.79 Å². The van der Waals surface area contributed by atoms with Crippen molar-refractivity contribution in [3.8, 4) is 11.1 Å². The number of hydrogen-bond acceptors (Lipinski definition) is 2. The van der Waals surface area contributed by atoms with Crippen molar-refractivity contribution in [3.05, 3.63) is 95.1 Å². The smallest absolute Gasteiger partial charge is 0.326 e. The summed E-state index contributed by atoms with van der Waals surface area (Å²) < 4.78 is 0. The van der Waals surface area contributed by atoms with E-state index in [-0.39, 0.29) is 17.7 Å². The van der Waals surface area contributed by atoms with Crippen molar-refractivity contribution >= 4 is 11.9 Å². The average Bonchev–Trinajstić information content (AvgIpc) is 3.07. The molecule has 0 saturated heterocycles. The number of carboxylic acid groups (broad SMARTS) is 1. The molecule has 4 heteroatoms. The Hall–Kier alpha value is -3.40. The number of nitrogens with one attached hydrogen (secondary N) is 1. The van der Waals surface area contributed by atoms with Crippen LogP contribution < -0.4 is 5.32 Å². The standard InChI is InChI=1S/C27H27NO3/c1-27(2,3)18-14-12-17(13-15-18)16-23(26(30)31)28-25(29)24-21-10-6-4-8-19(21)20-9-5-7-11-22(20)24/h4-15,23-24H,16H2,1-3H3,(H,28,29)(H,30,31)/t23-/m1/s1. The van der Waals surface area contributed by atoms with E-state index in [0.29, 0.717) is 0 Å². The second-order valence-corrected chi connectivity index (χ2v) is 9.16. The molecule has 0 radical (unpaired) electrons. The first-order valence-corrected chi connectivity index (χ1v) is 10.6. The molecule has 31 heavy (non-hydrogen) atoms. The molecule has 0 bridgehead atoms. The van der Waals surface area contributed by atoms with Crippen molar-refractivity contribution in [1.29, 1.82) is 0 Å². The minimum Gasteiger partial charge on any atom is -0.480 e. The first-order valence-electron chi connectivity index (χ1n) is 10.6. The van der Waals surface area contributed by atoms with Crippen LogP contribution in [0.1, 0.15) is 48.9 Å². The normalized spacial score (nSPS) is 13.9. The van der Waals surface area contributed by atoms with E-state index in [4.69, 9.17) is 0 Å². The lowest BCUT2D eigenvalue weighted by Gasteiger charge is -2.21. The van der Waals surface area contributed by atoms with E-state index in [1.165, 1.54) is 5.56 Å². The molecule has 0 fully saturated rings. The van der Waals surface area contributed by atoms with E-state index in [1.807, 2.05) is 72.8 Å². The number of carboxylic acids is 1. The van der Waals surface area contributed by atoms with Crippen LogP contribution in [0.2, 0.25) is 0 Å². The van der Waals surface area contributed by atoms with Crippen LogP contribution in [0.25, 0.3) is 11.1 Å². The Labute approximate surface area is 182 Å². The zero-order chi connectivity index (χ0) is 22.2. The quantitative estimate of drug-likeness (QED) is 0.625. The van der Waals surface area contributed by atoms with Crippen LogP contribution in [0.5, 0.6) is 0 Å². The zero-order valence-corrected chi connectivity index (χ0v) is 18.1. The topological polar surface area (TPSA) is 66.4 Å². The summed E-state index contributed by atoms with van der Waals surface area (Å²) in [5.41, 5.74) is 5.99. The molecule has 4 rings (SSSR count). The summed E-state index contributed by atoms with van der Waals surface area (Å²) in [5, 5.41) is 12.6. The molecular weight excluding hydrogens is 386 g/mol. The maximum atomic E-state index is 13.3. The fourth-order valence-electron chi connectivity index (χ4n) is 4.27. The molecule has 4 nitrogen and oxygen atoms in total. The van der Waals surface area contributed by atoms with Crippen molar-refractivity contribution in [2.24, 2.45) is 0 Å². The van der Waals surface area contributed by atoms with Gasteiger partial charge in [0.05, 0.1) is 5.92 Å². The van der Waals surface area contributed by atoms with Crippen LogP contribution in [0.4, 0.5) is 0 Å².